The van der Waals surface area contributed by atoms with Crippen LogP contribution in [-0.4, -0.2) is 0 Å². The molecular formula is C36H31ClN2O. The van der Waals surface area contributed by atoms with E-state index in [2.05, 4.69) is 82.0 Å². The summed E-state index contributed by atoms with van der Waals surface area (Å²) in [4.78, 5) is 4.57. The first kappa shape index (κ1) is 24.9. The van der Waals surface area contributed by atoms with E-state index >= 15 is 0 Å². The molecule has 40 heavy (non-hydrogen) atoms. The lowest BCUT2D eigenvalue weighted by Gasteiger charge is -2.33. The predicted octanol–water partition coefficient (Wildman–Crippen LogP) is 10.5. The molecule has 4 heteroatoms. The Morgan fingerprint density at radius 1 is 0.800 bits per heavy atom. The summed E-state index contributed by atoms with van der Waals surface area (Å²) in [6, 6.07) is 16.7. The zero-order valence-electron chi connectivity index (χ0n) is 22.5. The fraction of sp³-hybridized carbons (Fsp3) is 0.222. The molecular weight excluding hydrogens is 512 g/mol. The Kier molecular flexibility index (Phi) is 6.71. The third-order valence-electron chi connectivity index (χ3n) is 8.22. The minimum absolute atomic E-state index is 0.703. The minimum Gasteiger partial charge on any atom is -0.462 e. The molecule has 0 amide bonds. The van der Waals surface area contributed by atoms with Crippen LogP contribution in [-0.2, 0) is 6.42 Å². The molecule has 0 atom stereocenters. The van der Waals surface area contributed by atoms with Crippen molar-refractivity contribution in [1.29, 1.82) is 0 Å². The Hall–Kier alpha value is -4.13. The molecule has 3 nitrogen and oxygen atoms in total. The Labute approximate surface area is 241 Å². The van der Waals surface area contributed by atoms with E-state index in [1.807, 2.05) is 30.6 Å². The smallest absolute Gasteiger partial charge is 0.139 e. The number of benzene rings is 2. The number of hydrogen-bond donors (Lipinski definition) is 0. The predicted molar refractivity (Wildman–Crippen MR) is 165 cm³/mol. The van der Waals surface area contributed by atoms with Gasteiger partial charge in [-0.05, 0) is 87.8 Å². The summed E-state index contributed by atoms with van der Waals surface area (Å²) < 4.78 is 6.37. The van der Waals surface area contributed by atoms with E-state index < -0.39 is 0 Å². The average Bonchev–Trinajstić information content (AvgIpc) is 3.45. The van der Waals surface area contributed by atoms with Gasteiger partial charge in [-0.1, -0.05) is 71.1 Å². The molecule has 0 saturated carbocycles. The highest BCUT2D eigenvalue weighted by atomic mass is 35.5. The van der Waals surface area contributed by atoms with Crippen molar-refractivity contribution in [3.05, 3.63) is 136 Å². The molecule has 2 aromatic carbocycles. The summed E-state index contributed by atoms with van der Waals surface area (Å²) in [6.45, 7) is 0. The molecule has 1 heterocycles. The number of rotatable bonds is 6. The van der Waals surface area contributed by atoms with Gasteiger partial charge in [-0.15, -0.1) is 0 Å². The van der Waals surface area contributed by atoms with Crippen LogP contribution in [0.2, 0.25) is 5.02 Å². The summed E-state index contributed by atoms with van der Waals surface area (Å²) >= 11 is 7.45. The molecule has 0 radical (unpaired) electrons. The van der Waals surface area contributed by atoms with Crippen molar-refractivity contribution in [2.75, 3.05) is 9.80 Å². The van der Waals surface area contributed by atoms with Gasteiger partial charge in [0.25, 0.3) is 0 Å². The second-order valence-corrected chi connectivity index (χ2v) is 11.0. The maximum Gasteiger partial charge on any atom is 0.139 e. The maximum atomic E-state index is 7.45. The number of para-hydroxylation sites is 1. The molecule has 0 spiro atoms. The van der Waals surface area contributed by atoms with Gasteiger partial charge < -0.3 is 14.2 Å². The molecule has 0 fully saturated rings. The molecule has 4 aliphatic rings. The second kappa shape index (κ2) is 10.8. The normalized spacial score (nSPS) is 17.3. The number of anilines is 4. The first-order valence-corrected chi connectivity index (χ1v) is 14.7. The van der Waals surface area contributed by atoms with Gasteiger partial charge in [0.05, 0.1) is 27.8 Å². The maximum absolute atomic E-state index is 7.45. The lowest BCUT2D eigenvalue weighted by Crippen LogP contribution is -2.21. The van der Waals surface area contributed by atoms with E-state index in [1.54, 1.807) is 0 Å². The standard InChI is InChI=1S/C36H31ClN2O/c37-35-32(38(27-14-4-1-5-15-27)28-16-6-2-7-17-28)21-12-22-33(35)39(29-18-8-3-9-19-29)34-25-40-36-30-20-11-10-13-26(30)23-24-31(34)36/h1,4-6,11-12,14-18,20-22,25H,3,8-10,13,19,23-24H2. The minimum atomic E-state index is 0.703. The van der Waals surface area contributed by atoms with Crippen molar-refractivity contribution in [1.82, 2.24) is 0 Å². The van der Waals surface area contributed by atoms with E-state index in [4.69, 9.17) is 16.0 Å². The van der Waals surface area contributed by atoms with Gasteiger partial charge in [0.15, 0.2) is 0 Å². The van der Waals surface area contributed by atoms with Crippen molar-refractivity contribution in [3.8, 4) is 0 Å². The summed E-state index contributed by atoms with van der Waals surface area (Å²) in [6.07, 6.45) is 23.6. The van der Waals surface area contributed by atoms with Crippen LogP contribution in [0.3, 0.4) is 0 Å². The molecule has 0 bridgehead atoms. The number of nitrogens with zero attached hydrogens (tertiary/aromatic N) is 2. The van der Waals surface area contributed by atoms with Gasteiger partial charge in [-0.2, -0.15) is 0 Å². The number of halogens is 1. The topological polar surface area (TPSA) is 19.6 Å². The van der Waals surface area contributed by atoms with Gasteiger partial charge in [-0.3, -0.25) is 0 Å². The third kappa shape index (κ3) is 4.43. The highest BCUT2D eigenvalue weighted by molar-refractivity contribution is 6.36. The molecule has 1 aromatic heterocycles. The second-order valence-electron chi connectivity index (χ2n) is 10.6. The Balaban J connectivity index is 1.39. The molecule has 0 N–H and O–H groups in total. The van der Waals surface area contributed by atoms with E-state index in [-0.39, 0.29) is 0 Å². The first-order chi connectivity index (χ1) is 19.8. The lowest BCUT2D eigenvalue weighted by atomic mass is 9.85. The summed E-state index contributed by atoms with van der Waals surface area (Å²) in [5, 5.41) is 0.703. The quantitative estimate of drug-likeness (QED) is 0.289. The van der Waals surface area contributed by atoms with Crippen LogP contribution in [0.25, 0.3) is 5.57 Å². The van der Waals surface area contributed by atoms with Crippen LogP contribution in [0.5, 0.6) is 0 Å². The van der Waals surface area contributed by atoms with Crippen LogP contribution in [0.4, 0.5) is 22.7 Å². The zero-order valence-corrected chi connectivity index (χ0v) is 23.3. The van der Waals surface area contributed by atoms with Gasteiger partial charge in [0.1, 0.15) is 12.0 Å². The van der Waals surface area contributed by atoms with Crippen LogP contribution in [0.1, 0.15) is 56.3 Å². The fourth-order valence-electron chi connectivity index (χ4n) is 6.31. The van der Waals surface area contributed by atoms with E-state index in [0.717, 1.165) is 72.7 Å². The third-order valence-corrected chi connectivity index (χ3v) is 8.61. The van der Waals surface area contributed by atoms with Crippen LogP contribution < -0.4 is 9.80 Å². The number of fused-ring (bicyclic) bond motifs is 2. The van der Waals surface area contributed by atoms with Gasteiger partial charge in [-0.25, -0.2) is 0 Å². The Bertz CT molecular complexity index is 1690. The van der Waals surface area contributed by atoms with Gasteiger partial charge in [0, 0.05) is 28.6 Å². The monoisotopic (exact) mass is 542 g/mol. The SMILES string of the molecule is Clc1c(N(C2=CC=C=C=C2)c2ccccc2)cccc1N(C1=CCCCC1)c1coc2c1CCC1=C2C=CCC1. The Morgan fingerprint density at radius 2 is 1.68 bits per heavy atom. The van der Waals surface area contributed by atoms with E-state index in [0.29, 0.717) is 5.02 Å². The molecule has 0 aliphatic heterocycles. The molecule has 198 valence electrons. The first-order valence-electron chi connectivity index (χ1n) is 14.3. The van der Waals surface area contributed by atoms with Crippen LogP contribution >= 0.6 is 11.6 Å². The lowest BCUT2D eigenvalue weighted by molar-refractivity contribution is 0.544. The highest BCUT2D eigenvalue weighted by Gasteiger charge is 2.31. The molecule has 0 saturated heterocycles. The molecule has 0 unspecified atom stereocenters. The molecule has 7 rings (SSSR count). The summed E-state index contributed by atoms with van der Waals surface area (Å²) in [7, 11) is 0. The number of hydrogen-bond acceptors (Lipinski definition) is 3. The zero-order chi connectivity index (χ0) is 26.9. The number of allylic oxidation sites excluding steroid dienone is 9. The largest absolute Gasteiger partial charge is 0.462 e. The molecule has 4 aliphatic carbocycles. The average molecular weight is 543 g/mol. The van der Waals surface area contributed by atoms with Crippen LogP contribution in [0, 0.1) is 0 Å². The summed E-state index contributed by atoms with van der Waals surface area (Å²) in [5.41, 5.74) is 16.6. The van der Waals surface area contributed by atoms with Gasteiger partial charge in [0.2, 0.25) is 0 Å². The summed E-state index contributed by atoms with van der Waals surface area (Å²) in [5.74, 6) is 1.03. The fourth-order valence-corrected chi connectivity index (χ4v) is 6.61. The van der Waals surface area contributed by atoms with E-state index in [9.17, 15) is 0 Å². The number of furan rings is 1. The Morgan fingerprint density at radius 3 is 2.48 bits per heavy atom. The highest BCUT2D eigenvalue weighted by Crippen LogP contribution is 2.49. The van der Waals surface area contributed by atoms with E-state index in [1.165, 1.54) is 35.2 Å². The van der Waals surface area contributed by atoms with Crippen molar-refractivity contribution < 1.29 is 4.42 Å². The van der Waals surface area contributed by atoms with Crippen molar-refractivity contribution in [3.63, 3.8) is 0 Å². The molecule has 3 aromatic rings. The van der Waals surface area contributed by atoms with Crippen molar-refractivity contribution in [2.24, 2.45) is 0 Å². The van der Waals surface area contributed by atoms with Gasteiger partial charge >= 0.3 is 0 Å². The van der Waals surface area contributed by atoms with Crippen molar-refractivity contribution in [2.45, 2.75) is 51.4 Å². The van der Waals surface area contributed by atoms with Crippen molar-refractivity contribution >= 4 is 39.9 Å². The van der Waals surface area contributed by atoms with Crippen LogP contribution in [0.15, 0.2) is 124 Å².